The first-order valence-corrected chi connectivity index (χ1v) is 13.8. The number of rotatable bonds is 9. The van der Waals surface area contributed by atoms with E-state index in [1.54, 1.807) is 12.1 Å². The predicted molar refractivity (Wildman–Crippen MR) is 150 cm³/mol. The van der Waals surface area contributed by atoms with Gasteiger partial charge in [-0.25, -0.2) is 0 Å². The summed E-state index contributed by atoms with van der Waals surface area (Å²) in [4.78, 5) is 15.0. The quantitative estimate of drug-likeness (QED) is 0.296. The number of amides is 1. The lowest BCUT2D eigenvalue weighted by Gasteiger charge is -2.38. The van der Waals surface area contributed by atoms with E-state index in [4.69, 9.17) is 13.9 Å². The number of fused-ring (bicyclic) bond motifs is 1. The maximum atomic E-state index is 12.5. The zero-order valence-electron chi connectivity index (χ0n) is 22.1. The van der Waals surface area contributed by atoms with Gasteiger partial charge in [0.2, 0.25) is 0 Å². The van der Waals surface area contributed by atoms with Gasteiger partial charge < -0.3 is 19.2 Å². The molecule has 1 saturated heterocycles. The number of nitrogens with zero attached hydrogens (tertiary/aromatic N) is 1. The van der Waals surface area contributed by atoms with Gasteiger partial charge >= 0.3 is 0 Å². The normalized spacial score (nSPS) is 19.0. The Labute approximate surface area is 229 Å². The zero-order valence-corrected chi connectivity index (χ0v) is 22.1. The Balaban J connectivity index is 1.16. The predicted octanol–water partition coefficient (Wildman–Crippen LogP) is 5.92. The summed E-state index contributed by atoms with van der Waals surface area (Å²) in [6.45, 7) is 3.40. The zero-order chi connectivity index (χ0) is 26.4. The minimum absolute atomic E-state index is 0.0963. The van der Waals surface area contributed by atoms with Gasteiger partial charge in [0.1, 0.15) is 18.1 Å². The van der Waals surface area contributed by atoms with Crippen LogP contribution in [0.5, 0.6) is 5.75 Å². The molecule has 1 fully saturated rings. The molecule has 39 heavy (non-hydrogen) atoms. The van der Waals surface area contributed by atoms with Crippen molar-refractivity contribution >= 4 is 5.91 Å². The number of ether oxygens (including phenoxy) is 2. The Morgan fingerprint density at radius 1 is 0.974 bits per heavy atom. The standard InChI is InChI=1S/C33H34N2O4/c36-33(34-21-28-12-7-19-37-28)31-16-15-29(39-31)23-38-27-14-13-25-17-18-35(22-24-8-3-1-4-9-24)32(30(25)20-27)26-10-5-2-6-11-26/h1-6,8-11,13-16,20,28,32H,7,12,17-19,21-23H2,(H,34,36). The van der Waals surface area contributed by atoms with Crippen molar-refractivity contribution in [2.24, 2.45) is 0 Å². The topological polar surface area (TPSA) is 63.9 Å². The van der Waals surface area contributed by atoms with Gasteiger partial charge in [-0.2, -0.15) is 0 Å². The van der Waals surface area contributed by atoms with Crippen LogP contribution >= 0.6 is 0 Å². The maximum absolute atomic E-state index is 12.5. The van der Waals surface area contributed by atoms with E-state index in [-0.39, 0.29) is 30.4 Å². The first-order chi connectivity index (χ1) is 19.2. The molecule has 1 aromatic heterocycles. The molecule has 0 saturated carbocycles. The highest BCUT2D eigenvalue weighted by atomic mass is 16.5. The van der Waals surface area contributed by atoms with Crippen molar-refractivity contribution in [3.05, 3.63) is 125 Å². The summed E-state index contributed by atoms with van der Waals surface area (Å²) in [5.41, 5.74) is 5.21. The van der Waals surface area contributed by atoms with E-state index in [0.717, 1.165) is 44.7 Å². The first-order valence-electron chi connectivity index (χ1n) is 13.8. The van der Waals surface area contributed by atoms with Crippen LogP contribution in [0.4, 0.5) is 0 Å². The molecule has 3 heterocycles. The van der Waals surface area contributed by atoms with E-state index in [2.05, 4.69) is 83.0 Å². The van der Waals surface area contributed by atoms with Crippen LogP contribution < -0.4 is 10.1 Å². The van der Waals surface area contributed by atoms with E-state index < -0.39 is 0 Å². The number of carbonyl (C=O) groups is 1. The fourth-order valence-electron chi connectivity index (χ4n) is 5.58. The number of nitrogens with one attached hydrogen (secondary N) is 1. The molecule has 2 aliphatic rings. The highest BCUT2D eigenvalue weighted by molar-refractivity contribution is 5.91. The molecule has 2 aliphatic heterocycles. The number of furan rings is 1. The van der Waals surface area contributed by atoms with Gasteiger partial charge in [-0.3, -0.25) is 9.69 Å². The average molecular weight is 523 g/mol. The molecule has 6 nitrogen and oxygen atoms in total. The molecular formula is C33H34N2O4. The van der Waals surface area contributed by atoms with Crippen molar-refractivity contribution in [2.75, 3.05) is 19.7 Å². The van der Waals surface area contributed by atoms with Crippen molar-refractivity contribution in [1.29, 1.82) is 0 Å². The molecule has 4 aromatic rings. The van der Waals surface area contributed by atoms with E-state index in [9.17, 15) is 4.79 Å². The second kappa shape index (κ2) is 11.9. The molecule has 0 spiro atoms. The highest BCUT2D eigenvalue weighted by Crippen LogP contribution is 2.38. The second-order valence-electron chi connectivity index (χ2n) is 10.3. The lowest BCUT2D eigenvalue weighted by Crippen LogP contribution is -2.35. The first kappa shape index (κ1) is 25.4. The van der Waals surface area contributed by atoms with Gasteiger partial charge in [-0.15, -0.1) is 0 Å². The third-order valence-corrected chi connectivity index (χ3v) is 7.57. The number of hydrogen-bond donors (Lipinski definition) is 1. The summed E-state index contributed by atoms with van der Waals surface area (Å²) in [5.74, 6) is 1.46. The fraction of sp³-hybridized carbons (Fsp3) is 0.303. The van der Waals surface area contributed by atoms with Gasteiger partial charge in [-0.05, 0) is 65.8 Å². The number of carbonyl (C=O) groups excluding carboxylic acids is 1. The van der Waals surface area contributed by atoms with E-state index in [1.165, 1.54) is 22.3 Å². The van der Waals surface area contributed by atoms with Crippen molar-refractivity contribution < 1.29 is 18.7 Å². The number of benzene rings is 3. The summed E-state index contributed by atoms with van der Waals surface area (Å²) < 4.78 is 17.5. The van der Waals surface area contributed by atoms with Gasteiger partial charge in [0.25, 0.3) is 5.91 Å². The van der Waals surface area contributed by atoms with Crippen molar-refractivity contribution in [3.63, 3.8) is 0 Å². The largest absolute Gasteiger partial charge is 0.486 e. The lowest BCUT2D eigenvalue weighted by atomic mass is 9.87. The van der Waals surface area contributed by atoms with Crippen molar-refractivity contribution in [1.82, 2.24) is 10.2 Å². The van der Waals surface area contributed by atoms with Crippen molar-refractivity contribution in [3.8, 4) is 5.75 Å². The van der Waals surface area contributed by atoms with Crippen LogP contribution in [-0.4, -0.2) is 36.6 Å². The van der Waals surface area contributed by atoms with Crippen LogP contribution in [0.1, 0.15) is 57.5 Å². The molecule has 2 atom stereocenters. The SMILES string of the molecule is O=C(NCC1CCCO1)c1ccc(COc2ccc3c(c2)C(c2ccccc2)N(Cc2ccccc2)CC3)o1. The van der Waals surface area contributed by atoms with Gasteiger partial charge in [0.05, 0.1) is 12.1 Å². The van der Waals surface area contributed by atoms with Crippen LogP contribution in [0, 0.1) is 0 Å². The molecule has 1 N–H and O–H groups in total. The Bertz CT molecular complexity index is 1380. The van der Waals surface area contributed by atoms with Crippen LogP contribution in [-0.2, 0) is 24.3 Å². The minimum atomic E-state index is -0.227. The number of hydrogen-bond acceptors (Lipinski definition) is 5. The summed E-state index contributed by atoms with van der Waals surface area (Å²) in [7, 11) is 0. The Morgan fingerprint density at radius 2 is 1.79 bits per heavy atom. The Kier molecular flexibility index (Phi) is 7.75. The molecular weight excluding hydrogens is 488 g/mol. The molecule has 200 valence electrons. The molecule has 0 bridgehead atoms. The van der Waals surface area contributed by atoms with Crippen LogP contribution in [0.2, 0.25) is 0 Å². The average Bonchev–Trinajstić information content (AvgIpc) is 3.68. The molecule has 6 rings (SSSR count). The molecule has 2 unspecified atom stereocenters. The molecule has 0 radical (unpaired) electrons. The molecule has 1 amide bonds. The van der Waals surface area contributed by atoms with Crippen LogP contribution in [0.3, 0.4) is 0 Å². The van der Waals surface area contributed by atoms with Crippen molar-refractivity contribution in [2.45, 2.75) is 44.6 Å². The lowest BCUT2D eigenvalue weighted by molar-refractivity contribution is 0.0832. The summed E-state index contributed by atoms with van der Waals surface area (Å²) in [6, 6.07) is 31.4. The molecule has 0 aliphatic carbocycles. The summed E-state index contributed by atoms with van der Waals surface area (Å²) >= 11 is 0. The molecule has 6 heteroatoms. The van der Waals surface area contributed by atoms with Gasteiger partial charge in [0, 0.05) is 26.2 Å². The third-order valence-electron chi connectivity index (χ3n) is 7.57. The second-order valence-corrected chi connectivity index (χ2v) is 10.3. The maximum Gasteiger partial charge on any atom is 0.287 e. The monoisotopic (exact) mass is 522 g/mol. The Hall–Kier alpha value is -3.87. The van der Waals surface area contributed by atoms with E-state index in [0.29, 0.717) is 12.3 Å². The molecule has 3 aromatic carbocycles. The van der Waals surface area contributed by atoms with Crippen LogP contribution in [0.15, 0.2) is 95.4 Å². The Morgan fingerprint density at radius 3 is 2.59 bits per heavy atom. The fourth-order valence-corrected chi connectivity index (χ4v) is 5.58. The van der Waals surface area contributed by atoms with E-state index >= 15 is 0 Å². The summed E-state index contributed by atoms with van der Waals surface area (Å²) in [5, 5.41) is 2.90. The van der Waals surface area contributed by atoms with Gasteiger partial charge in [0.15, 0.2) is 5.76 Å². The smallest absolute Gasteiger partial charge is 0.287 e. The van der Waals surface area contributed by atoms with Crippen LogP contribution in [0.25, 0.3) is 0 Å². The summed E-state index contributed by atoms with van der Waals surface area (Å²) in [6.07, 6.45) is 3.11. The minimum Gasteiger partial charge on any atom is -0.486 e. The highest BCUT2D eigenvalue weighted by Gasteiger charge is 2.29. The van der Waals surface area contributed by atoms with Gasteiger partial charge in [-0.1, -0.05) is 66.7 Å². The van der Waals surface area contributed by atoms with E-state index in [1.807, 2.05) is 6.07 Å². The third kappa shape index (κ3) is 6.08.